The number of hydrogen-bond donors (Lipinski definition) is 0. The second kappa shape index (κ2) is 7.46. The molecule has 1 aromatic carbocycles. The van der Waals surface area contributed by atoms with Crippen molar-refractivity contribution in [1.29, 1.82) is 0 Å². The van der Waals surface area contributed by atoms with Crippen LogP contribution in [-0.2, 0) is 17.9 Å². The van der Waals surface area contributed by atoms with E-state index >= 15 is 0 Å². The maximum Gasteiger partial charge on any atom is 0.251 e. The van der Waals surface area contributed by atoms with E-state index in [1.165, 1.54) is 10.6 Å². The van der Waals surface area contributed by atoms with E-state index in [-0.39, 0.29) is 18.0 Å². The Morgan fingerprint density at radius 3 is 2.35 bits per heavy atom. The van der Waals surface area contributed by atoms with Gasteiger partial charge in [-0.05, 0) is 39.7 Å². The predicted molar refractivity (Wildman–Crippen MR) is 95.6 cm³/mol. The van der Waals surface area contributed by atoms with Crippen LogP contribution in [0.15, 0.2) is 51.9 Å². The summed E-state index contributed by atoms with van der Waals surface area (Å²) in [6.07, 6.45) is 1.62. The van der Waals surface area contributed by atoms with Crippen molar-refractivity contribution in [3.63, 3.8) is 0 Å². The van der Waals surface area contributed by atoms with Gasteiger partial charge in [0, 0.05) is 50.1 Å². The number of anilines is 1. The van der Waals surface area contributed by atoms with E-state index in [1.54, 1.807) is 24.2 Å². The lowest BCUT2D eigenvalue weighted by Gasteiger charge is -2.19. The monoisotopic (exact) mass is 377 g/mol. The lowest BCUT2D eigenvalue weighted by Crippen LogP contribution is -2.33. The van der Waals surface area contributed by atoms with Crippen molar-refractivity contribution in [2.75, 3.05) is 26.0 Å². The lowest BCUT2D eigenvalue weighted by molar-refractivity contribution is -0.131. The highest BCUT2D eigenvalue weighted by molar-refractivity contribution is 9.10. The van der Waals surface area contributed by atoms with Crippen molar-refractivity contribution in [3.05, 3.63) is 63.0 Å². The minimum atomic E-state index is -0.190. The first-order valence-corrected chi connectivity index (χ1v) is 8.02. The molecule has 0 saturated carbocycles. The van der Waals surface area contributed by atoms with E-state index in [1.807, 2.05) is 43.3 Å². The average Bonchev–Trinajstić information content (AvgIpc) is 2.51. The van der Waals surface area contributed by atoms with Gasteiger partial charge < -0.3 is 14.4 Å². The summed E-state index contributed by atoms with van der Waals surface area (Å²) in [7, 11) is 5.71. The standard InChI is InChI=1S/C17H20BrN3O2/c1-19(2)15-7-4-13(5-8-15)10-20(3)17(23)12-21-11-14(18)6-9-16(21)22/h4-9,11H,10,12H2,1-3H3. The van der Waals surface area contributed by atoms with Gasteiger partial charge in [-0.25, -0.2) is 0 Å². The van der Waals surface area contributed by atoms with Gasteiger partial charge in [0.2, 0.25) is 5.91 Å². The highest BCUT2D eigenvalue weighted by atomic mass is 79.9. The molecule has 2 rings (SSSR count). The van der Waals surface area contributed by atoms with Crippen molar-refractivity contribution >= 4 is 27.5 Å². The summed E-state index contributed by atoms with van der Waals surface area (Å²) in [5.74, 6) is -0.109. The third-order valence-corrected chi connectivity index (χ3v) is 4.02. The highest BCUT2D eigenvalue weighted by Crippen LogP contribution is 2.13. The molecule has 0 unspecified atom stereocenters. The Morgan fingerprint density at radius 2 is 1.74 bits per heavy atom. The third kappa shape index (κ3) is 4.69. The molecule has 0 saturated heterocycles. The van der Waals surface area contributed by atoms with E-state index in [2.05, 4.69) is 15.9 Å². The Bertz CT molecular complexity index is 738. The molecular formula is C17H20BrN3O2. The lowest BCUT2D eigenvalue weighted by atomic mass is 10.2. The fraction of sp³-hybridized carbons (Fsp3) is 0.294. The Kier molecular flexibility index (Phi) is 5.60. The number of hydrogen-bond acceptors (Lipinski definition) is 3. The number of benzene rings is 1. The molecule has 0 aliphatic carbocycles. The van der Waals surface area contributed by atoms with Crippen molar-refractivity contribution < 1.29 is 4.79 Å². The van der Waals surface area contributed by atoms with Crippen LogP contribution >= 0.6 is 15.9 Å². The van der Waals surface area contributed by atoms with Gasteiger partial charge in [-0.15, -0.1) is 0 Å². The Balaban J connectivity index is 2.02. The van der Waals surface area contributed by atoms with Gasteiger partial charge in [0.05, 0.1) is 0 Å². The van der Waals surface area contributed by atoms with E-state index in [0.717, 1.165) is 15.7 Å². The summed E-state index contributed by atoms with van der Waals surface area (Å²) in [5.41, 5.74) is 1.97. The van der Waals surface area contributed by atoms with Crippen LogP contribution in [0.2, 0.25) is 0 Å². The van der Waals surface area contributed by atoms with Crippen molar-refractivity contribution in [1.82, 2.24) is 9.47 Å². The molecule has 1 heterocycles. The zero-order valence-corrected chi connectivity index (χ0v) is 15.1. The molecule has 6 heteroatoms. The number of aromatic nitrogens is 1. The molecule has 0 bridgehead atoms. The Hall–Kier alpha value is -2.08. The number of rotatable bonds is 5. The summed E-state index contributed by atoms with van der Waals surface area (Å²) in [6.45, 7) is 0.542. The molecule has 0 N–H and O–H groups in total. The number of likely N-dealkylation sites (N-methyl/N-ethyl adjacent to an activating group) is 1. The number of nitrogens with zero attached hydrogens (tertiary/aromatic N) is 3. The zero-order chi connectivity index (χ0) is 17.0. The quantitative estimate of drug-likeness (QED) is 0.803. The SMILES string of the molecule is CN(Cc1ccc(N(C)C)cc1)C(=O)Cn1cc(Br)ccc1=O. The zero-order valence-electron chi connectivity index (χ0n) is 13.5. The van der Waals surface area contributed by atoms with Crippen molar-refractivity contribution in [2.24, 2.45) is 0 Å². The molecule has 0 aliphatic heterocycles. The van der Waals surface area contributed by atoms with Crippen LogP contribution in [0.1, 0.15) is 5.56 Å². The fourth-order valence-electron chi connectivity index (χ4n) is 2.15. The van der Waals surface area contributed by atoms with Crippen LogP contribution < -0.4 is 10.5 Å². The number of carbonyl (C=O) groups is 1. The maximum absolute atomic E-state index is 12.3. The second-order valence-corrected chi connectivity index (χ2v) is 6.54. The summed E-state index contributed by atoms with van der Waals surface area (Å²) in [6, 6.07) is 11.2. The molecular weight excluding hydrogens is 358 g/mol. The van der Waals surface area contributed by atoms with Gasteiger partial charge in [-0.2, -0.15) is 0 Å². The minimum absolute atomic E-state index is 0.0323. The molecule has 1 aromatic heterocycles. The fourth-order valence-corrected chi connectivity index (χ4v) is 2.53. The number of halogens is 1. The van der Waals surface area contributed by atoms with Crippen molar-refractivity contribution in [2.45, 2.75) is 13.1 Å². The van der Waals surface area contributed by atoms with E-state index in [4.69, 9.17) is 0 Å². The van der Waals surface area contributed by atoms with Crippen LogP contribution in [0.25, 0.3) is 0 Å². The number of carbonyl (C=O) groups excluding carboxylic acids is 1. The van der Waals surface area contributed by atoms with Gasteiger partial charge in [-0.3, -0.25) is 9.59 Å². The molecule has 5 nitrogen and oxygen atoms in total. The molecule has 0 aliphatic rings. The normalized spacial score (nSPS) is 10.4. The van der Waals surface area contributed by atoms with E-state index in [9.17, 15) is 9.59 Å². The summed E-state index contributed by atoms with van der Waals surface area (Å²) in [4.78, 5) is 27.7. The summed E-state index contributed by atoms with van der Waals surface area (Å²) >= 11 is 3.31. The molecule has 122 valence electrons. The predicted octanol–water partition coefficient (Wildman–Crippen LogP) is 2.34. The van der Waals surface area contributed by atoms with Gasteiger partial charge in [0.25, 0.3) is 5.56 Å². The van der Waals surface area contributed by atoms with Gasteiger partial charge >= 0.3 is 0 Å². The summed E-state index contributed by atoms with van der Waals surface area (Å²) < 4.78 is 2.17. The Labute approximate surface area is 144 Å². The summed E-state index contributed by atoms with van der Waals surface area (Å²) in [5, 5.41) is 0. The molecule has 23 heavy (non-hydrogen) atoms. The molecule has 2 aromatic rings. The van der Waals surface area contributed by atoms with E-state index < -0.39 is 0 Å². The minimum Gasteiger partial charge on any atom is -0.378 e. The highest BCUT2D eigenvalue weighted by Gasteiger charge is 2.11. The maximum atomic E-state index is 12.3. The first-order chi connectivity index (χ1) is 10.9. The largest absolute Gasteiger partial charge is 0.378 e. The van der Waals surface area contributed by atoms with Crippen LogP contribution in [0.5, 0.6) is 0 Å². The molecule has 0 atom stereocenters. The Morgan fingerprint density at radius 1 is 1.09 bits per heavy atom. The topological polar surface area (TPSA) is 45.5 Å². The van der Waals surface area contributed by atoms with Gasteiger partial charge in [0.1, 0.15) is 6.54 Å². The van der Waals surface area contributed by atoms with Gasteiger partial charge in [0.15, 0.2) is 0 Å². The average molecular weight is 378 g/mol. The molecule has 0 radical (unpaired) electrons. The van der Waals surface area contributed by atoms with Crippen LogP contribution in [0.3, 0.4) is 0 Å². The first kappa shape index (κ1) is 17.3. The van der Waals surface area contributed by atoms with Crippen LogP contribution in [-0.4, -0.2) is 36.5 Å². The molecule has 0 fully saturated rings. The molecule has 1 amide bonds. The number of pyridine rings is 1. The third-order valence-electron chi connectivity index (χ3n) is 3.55. The smallest absolute Gasteiger partial charge is 0.251 e. The van der Waals surface area contributed by atoms with E-state index in [0.29, 0.717) is 6.54 Å². The van der Waals surface area contributed by atoms with Crippen molar-refractivity contribution in [3.8, 4) is 0 Å². The molecule has 0 spiro atoms. The van der Waals surface area contributed by atoms with Crippen LogP contribution in [0, 0.1) is 0 Å². The number of amides is 1. The second-order valence-electron chi connectivity index (χ2n) is 5.62. The van der Waals surface area contributed by atoms with Crippen LogP contribution in [0.4, 0.5) is 5.69 Å². The first-order valence-electron chi connectivity index (χ1n) is 7.23. The van der Waals surface area contributed by atoms with Gasteiger partial charge in [-0.1, -0.05) is 12.1 Å².